The molecule has 0 bridgehead atoms. The van der Waals surface area contributed by atoms with Crippen molar-refractivity contribution in [1.29, 1.82) is 0 Å². The minimum atomic E-state index is 0.483. The molecule has 0 fully saturated rings. The normalized spacial score (nSPS) is 10.3. The Balaban J connectivity index is 1.78. The molecule has 2 N–H and O–H groups in total. The molecule has 3 nitrogen and oxygen atoms in total. The predicted octanol–water partition coefficient (Wildman–Crippen LogP) is 2.55. The third-order valence-electron chi connectivity index (χ3n) is 2.80. The SMILES string of the molecule is NCc1ccncc1OCCCc1ccccc1. The van der Waals surface area contributed by atoms with Gasteiger partial charge in [0.1, 0.15) is 5.75 Å². The van der Waals surface area contributed by atoms with Crippen LogP contribution in [-0.2, 0) is 13.0 Å². The second-order valence-electron chi connectivity index (χ2n) is 4.13. The minimum absolute atomic E-state index is 0.483. The van der Waals surface area contributed by atoms with Crippen LogP contribution in [0.15, 0.2) is 48.8 Å². The number of pyridine rings is 1. The number of hydrogen-bond donors (Lipinski definition) is 1. The van der Waals surface area contributed by atoms with E-state index in [4.69, 9.17) is 10.5 Å². The highest BCUT2D eigenvalue weighted by Gasteiger charge is 2.01. The first-order valence-corrected chi connectivity index (χ1v) is 6.20. The summed E-state index contributed by atoms with van der Waals surface area (Å²) in [6.07, 6.45) is 5.48. The summed E-state index contributed by atoms with van der Waals surface area (Å²) < 4.78 is 5.71. The van der Waals surface area contributed by atoms with Crippen molar-refractivity contribution < 1.29 is 4.74 Å². The summed E-state index contributed by atoms with van der Waals surface area (Å²) in [6, 6.07) is 12.3. The smallest absolute Gasteiger partial charge is 0.142 e. The number of benzene rings is 1. The summed E-state index contributed by atoms with van der Waals surface area (Å²) in [4.78, 5) is 4.05. The van der Waals surface area contributed by atoms with Crippen LogP contribution in [0.1, 0.15) is 17.5 Å². The van der Waals surface area contributed by atoms with Crippen molar-refractivity contribution in [3.05, 3.63) is 59.9 Å². The van der Waals surface area contributed by atoms with Crippen LogP contribution in [0.5, 0.6) is 5.75 Å². The molecule has 2 rings (SSSR count). The van der Waals surface area contributed by atoms with Gasteiger partial charge in [0.05, 0.1) is 12.8 Å². The van der Waals surface area contributed by atoms with Gasteiger partial charge in [-0.25, -0.2) is 0 Å². The molecule has 0 aliphatic carbocycles. The van der Waals surface area contributed by atoms with E-state index < -0.39 is 0 Å². The molecule has 0 saturated carbocycles. The van der Waals surface area contributed by atoms with Crippen LogP contribution in [0, 0.1) is 0 Å². The van der Waals surface area contributed by atoms with Gasteiger partial charge in [-0.2, -0.15) is 0 Å². The summed E-state index contributed by atoms with van der Waals surface area (Å²) in [5.41, 5.74) is 7.98. The average Bonchev–Trinajstić information content (AvgIpc) is 2.45. The van der Waals surface area contributed by atoms with Crippen molar-refractivity contribution in [1.82, 2.24) is 4.98 Å². The molecule has 2 aromatic rings. The Morgan fingerprint density at radius 1 is 1.11 bits per heavy atom. The lowest BCUT2D eigenvalue weighted by Crippen LogP contribution is -2.05. The van der Waals surface area contributed by atoms with Crippen LogP contribution in [0.25, 0.3) is 0 Å². The first-order valence-electron chi connectivity index (χ1n) is 6.20. The van der Waals surface area contributed by atoms with Crippen molar-refractivity contribution >= 4 is 0 Å². The molecule has 0 spiro atoms. The Hall–Kier alpha value is -1.87. The molecule has 94 valence electrons. The highest BCUT2D eigenvalue weighted by molar-refractivity contribution is 5.29. The minimum Gasteiger partial charge on any atom is -0.492 e. The van der Waals surface area contributed by atoms with Gasteiger partial charge in [0.2, 0.25) is 0 Å². The Morgan fingerprint density at radius 3 is 2.72 bits per heavy atom. The first kappa shape index (κ1) is 12.6. The zero-order chi connectivity index (χ0) is 12.6. The zero-order valence-electron chi connectivity index (χ0n) is 10.4. The van der Waals surface area contributed by atoms with Gasteiger partial charge in [0, 0.05) is 18.3 Å². The van der Waals surface area contributed by atoms with Crippen LogP contribution >= 0.6 is 0 Å². The van der Waals surface area contributed by atoms with E-state index in [0.717, 1.165) is 24.2 Å². The number of rotatable bonds is 6. The highest BCUT2D eigenvalue weighted by atomic mass is 16.5. The maximum atomic E-state index is 5.71. The monoisotopic (exact) mass is 242 g/mol. The maximum Gasteiger partial charge on any atom is 0.142 e. The van der Waals surface area contributed by atoms with Crippen LogP contribution in [0.2, 0.25) is 0 Å². The fraction of sp³-hybridized carbons (Fsp3) is 0.267. The quantitative estimate of drug-likeness (QED) is 0.792. The summed E-state index contributed by atoms with van der Waals surface area (Å²) in [6.45, 7) is 1.17. The Bertz CT molecular complexity index is 471. The molecule has 0 radical (unpaired) electrons. The van der Waals surface area contributed by atoms with Crippen LogP contribution in [0.4, 0.5) is 0 Å². The molecule has 0 atom stereocenters. The molecule has 0 amide bonds. The van der Waals surface area contributed by atoms with Crippen molar-refractivity contribution in [3.63, 3.8) is 0 Å². The number of aromatic nitrogens is 1. The van der Waals surface area contributed by atoms with E-state index in [2.05, 4.69) is 29.2 Å². The lowest BCUT2D eigenvalue weighted by molar-refractivity contribution is 0.306. The third-order valence-corrected chi connectivity index (χ3v) is 2.80. The fourth-order valence-corrected chi connectivity index (χ4v) is 1.81. The molecule has 0 saturated heterocycles. The topological polar surface area (TPSA) is 48.1 Å². The Morgan fingerprint density at radius 2 is 1.94 bits per heavy atom. The molecule has 0 aliphatic heterocycles. The highest BCUT2D eigenvalue weighted by Crippen LogP contribution is 2.15. The molecule has 0 unspecified atom stereocenters. The van der Waals surface area contributed by atoms with Crippen molar-refractivity contribution in [2.45, 2.75) is 19.4 Å². The molecule has 0 aliphatic rings. The second kappa shape index (κ2) is 6.77. The van der Waals surface area contributed by atoms with E-state index in [9.17, 15) is 0 Å². The van der Waals surface area contributed by atoms with E-state index in [1.165, 1.54) is 5.56 Å². The van der Waals surface area contributed by atoms with E-state index in [-0.39, 0.29) is 0 Å². The van der Waals surface area contributed by atoms with Gasteiger partial charge in [-0.05, 0) is 24.5 Å². The summed E-state index contributed by atoms with van der Waals surface area (Å²) in [7, 11) is 0. The van der Waals surface area contributed by atoms with Gasteiger partial charge < -0.3 is 10.5 Å². The molecule has 1 heterocycles. The van der Waals surface area contributed by atoms with Crippen LogP contribution in [-0.4, -0.2) is 11.6 Å². The standard InChI is InChI=1S/C15H18N2O/c16-11-14-8-9-17-12-15(14)18-10-4-7-13-5-2-1-3-6-13/h1-3,5-6,8-9,12H,4,7,10-11,16H2. The largest absolute Gasteiger partial charge is 0.492 e. The van der Waals surface area contributed by atoms with Crippen molar-refractivity contribution in [3.8, 4) is 5.75 Å². The van der Waals surface area contributed by atoms with Gasteiger partial charge in [0.25, 0.3) is 0 Å². The second-order valence-corrected chi connectivity index (χ2v) is 4.13. The van der Waals surface area contributed by atoms with E-state index in [0.29, 0.717) is 13.2 Å². The van der Waals surface area contributed by atoms with Crippen LogP contribution < -0.4 is 10.5 Å². The number of aryl methyl sites for hydroxylation is 1. The number of nitrogens with two attached hydrogens (primary N) is 1. The lowest BCUT2D eigenvalue weighted by atomic mass is 10.1. The van der Waals surface area contributed by atoms with Gasteiger partial charge >= 0.3 is 0 Å². The average molecular weight is 242 g/mol. The fourth-order valence-electron chi connectivity index (χ4n) is 1.81. The van der Waals surface area contributed by atoms with Gasteiger partial charge in [0.15, 0.2) is 0 Å². The maximum absolute atomic E-state index is 5.71. The lowest BCUT2D eigenvalue weighted by Gasteiger charge is -2.09. The molecule has 3 heteroatoms. The summed E-state index contributed by atoms with van der Waals surface area (Å²) >= 11 is 0. The number of hydrogen-bond acceptors (Lipinski definition) is 3. The van der Waals surface area contributed by atoms with Crippen LogP contribution in [0.3, 0.4) is 0 Å². The van der Waals surface area contributed by atoms with Gasteiger partial charge in [-0.15, -0.1) is 0 Å². The predicted molar refractivity (Wildman–Crippen MR) is 72.4 cm³/mol. The summed E-state index contributed by atoms with van der Waals surface area (Å²) in [5, 5.41) is 0. The van der Waals surface area contributed by atoms with Crippen molar-refractivity contribution in [2.75, 3.05) is 6.61 Å². The Labute approximate surface area is 108 Å². The summed E-state index contributed by atoms with van der Waals surface area (Å²) in [5.74, 6) is 0.799. The molecular weight excluding hydrogens is 224 g/mol. The molecular formula is C15H18N2O. The Kier molecular flexibility index (Phi) is 4.73. The zero-order valence-corrected chi connectivity index (χ0v) is 10.4. The number of nitrogens with zero attached hydrogens (tertiary/aromatic N) is 1. The van der Waals surface area contributed by atoms with Gasteiger partial charge in [-0.1, -0.05) is 30.3 Å². The van der Waals surface area contributed by atoms with Crippen molar-refractivity contribution in [2.24, 2.45) is 5.73 Å². The molecule has 18 heavy (non-hydrogen) atoms. The number of ether oxygens (including phenoxy) is 1. The van der Waals surface area contributed by atoms with Gasteiger partial charge in [-0.3, -0.25) is 4.98 Å². The third kappa shape index (κ3) is 3.57. The van der Waals surface area contributed by atoms with E-state index in [1.54, 1.807) is 12.4 Å². The molecule has 1 aromatic heterocycles. The van der Waals surface area contributed by atoms with E-state index in [1.807, 2.05) is 12.1 Å². The first-order chi connectivity index (χ1) is 8.90. The van der Waals surface area contributed by atoms with E-state index >= 15 is 0 Å². The molecule has 1 aromatic carbocycles.